The maximum Gasteiger partial charge on any atom is 0.148 e. The summed E-state index contributed by atoms with van der Waals surface area (Å²) in [5.41, 5.74) is 0. The molecule has 102 valence electrons. The highest BCUT2D eigenvalue weighted by Crippen LogP contribution is 2.22. The summed E-state index contributed by atoms with van der Waals surface area (Å²) >= 11 is 0. The zero-order chi connectivity index (χ0) is 12.9. The molecule has 4 heteroatoms. The first-order chi connectivity index (χ1) is 7.88. The van der Waals surface area contributed by atoms with Crippen molar-refractivity contribution in [2.45, 2.75) is 52.0 Å². The van der Waals surface area contributed by atoms with Crippen molar-refractivity contribution >= 4 is 9.84 Å². The first-order valence-corrected chi connectivity index (χ1v) is 8.86. The van der Waals surface area contributed by atoms with Crippen LogP contribution < -0.4 is 0 Å². The van der Waals surface area contributed by atoms with E-state index in [1.165, 1.54) is 38.4 Å². The van der Waals surface area contributed by atoms with Crippen LogP contribution in [-0.4, -0.2) is 44.5 Å². The lowest BCUT2D eigenvalue weighted by Gasteiger charge is -2.30. The average molecular weight is 261 g/mol. The van der Waals surface area contributed by atoms with Gasteiger partial charge in [0.05, 0.1) is 5.75 Å². The summed E-state index contributed by atoms with van der Waals surface area (Å²) in [6, 6.07) is 0.597. The van der Waals surface area contributed by atoms with Crippen LogP contribution in [0.3, 0.4) is 0 Å². The van der Waals surface area contributed by atoms with Crippen LogP contribution in [0.1, 0.15) is 46.0 Å². The van der Waals surface area contributed by atoms with Gasteiger partial charge in [0.15, 0.2) is 0 Å². The summed E-state index contributed by atoms with van der Waals surface area (Å²) in [6.07, 6.45) is 7.59. The Morgan fingerprint density at radius 3 is 2.53 bits per heavy atom. The van der Waals surface area contributed by atoms with Gasteiger partial charge in [-0.15, -0.1) is 0 Å². The normalized spacial score (nSPS) is 23.9. The zero-order valence-corrected chi connectivity index (χ0v) is 12.3. The summed E-state index contributed by atoms with van der Waals surface area (Å²) in [5.74, 6) is 1.00. The molecule has 1 heterocycles. The van der Waals surface area contributed by atoms with Crippen LogP contribution in [0.25, 0.3) is 0 Å². The molecule has 0 amide bonds. The largest absolute Gasteiger partial charge is 0.299 e. The number of hydrogen-bond donors (Lipinski definition) is 0. The van der Waals surface area contributed by atoms with E-state index in [0.717, 1.165) is 13.1 Å². The Bertz CT molecular complexity index is 311. The average Bonchev–Trinajstić information content (AvgIpc) is 2.38. The van der Waals surface area contributed by atoms with Gasteiger partial charge in [-0.3, -0.25) is 4.90 Å². The molecule has 0 N–H and O–H groups in total. The van der Waals surface area contributed by atoms with Crippen molar-refractivity contribution in [1.82, 2.24) is 4.90 Å². The third-order valence-electron chi connectivity index (χ3n) is 3.49. The van der Waals surface area contributed by atoms with E-state index in [1.807, 2.05) is 0 Å². The lowest BCUT2D eigenvalue weighted by atomic mass is 9.99. The predicted octanol–water partition coefficient (Wildman–Crippen LogP) is 2.32. The van der Waals surface area contributed by atoms with Gasteiger partial charge in [0, 0.05) is 18.8 Å². The molecule has 0 spiro atoms. The monoisotopic (exact) mass is 261 g/mol. The Kier molecular flexibility index (Phi) is 5.93. The third kappa shape index (κ3) is 6.41. The van der Waals surface area contributed by atoms with Crippen molar-refractivity contribution in [2.24, 2.45) is 5.92 Å². The van der Waals surface area contributed by atoms with Crippen LogP contribution in [0.2, 0.25) is 0 Å². The summed E-state index contributed by atoms with van der Waals surface area (Å²) in [4.78, 5) is 2.41. The molecule has 1 fully saturated rings. The number of likely N-dealkylation sites (tertiary alicyclic amines) is 1. The molecule has 0 bridgehead atoms. The molecular weight excluding hydrogens is 234 g/mol. The van der Waals surface area contributed by atoms with Crippen molar-refractivity contribution in [1.29, 1.82) is 0 Å². The van der Waals surface area contributed by atoms with Crippen molar-refractivity contribution in [2.75, 3.05) is 25.1 Å². The van der Waals surface area contributed by atoms with Crippen molar-refractivity contribution in [3.05, 3.63) is 0 Å². The van der Waals surface area contributed by atoms with E-state index >= 15 is 0 Å². The van der Waals surface area contributed by atoms with Crippen LogP contribution in [0, 0.1) is 5.92 Å². The molecule has 1 rings (SSSR count). The molecule has 1 atom stereocenters. The Morgan fingerprint density at radius 2 is 1.94 bits per heavy atom. The van der Waals surface area contributed by atoms with Crippen LogP contribution in [0.4, 0.5) is 0 Å². The number of sulfone groups is 1. The quantitative estimate of drug-likeness (QED) is 0.762. The maximum absolute atomic E-state index is 11.3. The van der Waals surface area contributed by atoms with Gasteiger partial charge >= 0.3 is 0 Å². The van der Waals surface area contributed by atoms with Crippen LogP contribution in [0.5, 0.6) is 0 Å². The molecule has 3 nitrogen and oxygen atoms in total. The van der Waals surface area contributed by atoms with Gasteiger partial charge in [0.25, 0.3) is 0 Å². The van der Waals surface area contributed by atoms with Gasteiger partial charge < -0.3 is 0 Å². The van der Waals surface area contributed by atoms with E-state index in [0.29, 0.717) is 17.7 Å². The fourth-order valence-corrected chi connectivity index (χ4v) is 3.19. The summed E-state index contributed by atoms with van der Waals surface area (Å²) in [5, 5.41) is 0. The van der Waals surface area contributed by atoms with Crippen LogP contribution in [0.15, 0.2) is 0 Å². The van der Waals surface area contributed by atoms with Crippen molar-refractivity contribution < 1.29 is 8.42 Å². The second-order valence-electron chi connectivity index (χ2n) is 5.80. The van der Waals surface area contributed by atoms with Gasteiger partial charge in [0.1, 0.15) is 9.84 Å². The van der Waals surface area contributed by atoms with E-state index in [9.17, 15) is 8.42 Å². The number of nitrogens with zero attached hydrogens (tertiary/aromatic N) is 1. The van der Waals surface area contributed by atoms with E-state index in [1.54, 1.807) is 0 Å². The van der Waals surface area contributed by atoms with Gasteiger partial charge in [-0.2, -0.15) is 0 Å². The molecule has 1 unspecified atom stereocenters. The van der Waals surface area contributed by atoms with Gasteiger partial charge in [-0.25, -0.2) is 8.42 Å². The van der Waals surface area contributed by atoms with Crippen LogP contribution in [-0.2, 0) is 9.84 Å². The van der Waals surface area contributed by atoms with E-state index < -0.39 is 9.84 Å². The lowest BCUT2D eigenvalue weighted by Crippen LogP contribution is -2.38. The number of hydrogen-bond acceptors (Lipinski definition) is 3. The molecule has 17 heavy (non-hydrogen) atoms. The summed E-state index contributed by atoms with van der Waals surface area (Å²) in [6.45, 7) is 6.29. The summed E-state index contributed by atoms with van der Waals surface area (Å²) in [7, 11) is -2.83. The Hall–Kier alpha value is -0.0900. The van der Waals surface area contributed by atoms with Crippen molar-refractivity contribution in [3.63, 3.8) is 0 Å². The first-order valence-electron chi connectivity index (χ1n) is 6.80. The molecular formula is C13H27NO2S. The highest BCUT2D eigenvalue weighted by atomic mass is 32.2. The summed E-state index contributed by atoms with van der Waals surface area (Å²) < 4.78 is 22.5. The molecule has 1 saturated heterocycles. The molecule has 0 aromatic rings. The molecule has 1 aliphatic heterocycles. The molecule has 0 aromatic carbocycles. The second-order valence-corrected chi connectivity index (χ2v) is 8.06. The molecule has 0 radical (unpaired) electrons. The molecule has 1 aliphatic rings. The topological polar surface area (TPSA) is 37.4 Å². The Balaban J connectivity index is 2.55. The predicted molar refractivity (Wildman–Crippen MR) is 73.0 cm³/mol. The maximum atomic E-state index is 11.3. The van der Waals surface area contributed by atoms with Gasteiger partial charge in [-0.05, 0) is 31.7 Å². The molecule has 0 aliphatic carbocycles. The minimum absolute atomic E-state index is 0.307. The number of rotatable bonds is 5. The van der Waals surface area contributed by atoms with E-state index in [2.05, 4.69) is 18.7 Å². The van der Waals surface area contributed by atoms with Crippen molar-refractivity contribution in [3.8, 4) is 0 Å². The third-order valence-corrected chi connectivity index (χ3v) is 4.42. The minimum atomic E-state index is -2.83. The zero-order valence-electron chi connectivity index (χ0n) is 11.5. The highest BCUT2D eigenvalue weighted by molar-refractivity contribution is 7.90. The smallest absolute Gasteiger partial charge is 0.148 e. The van der Waals surface area contributed by atoms with Crippen LogP contribution >= 0.6 is 0 Å². The first kappa shape index (κ1) is 15.0. The SMILES string of the molecule is CC(C)CC1CCCCCN1CCS(C)(=O)=O. The van der Waals surface area contributed by atoms with Gasteiger partial charge in [0.2, 0.25) is 0 Å². The Labute approximate surface area is 106 Å². The minimum Gasteiger partial charge on any atom is -0.299 e. The molecule has 0 saturated carbocycles. The molecule has 0 aromatic heterocycles. The standard InChI is InChI=1S/C13H27NO2S/c1-12(2)11-13-7-5-4-6-8-14(13)9-10-17(3,15)16/h12-13H,4-11H2,1-3H3. The van der Waals surface area contributed by atoms with E-state index in [-0.39, 0.29) is 0 Å². The van der Waals surface area contributed by atoms with E-state index in [4.69, 9.17) is 0 Å². The van der Waals surface area contributed by atoms with Gasteiger partial charge in [-0.1, -0.05) is 26.7 Å². The second kappa shape index (κ2) is 6.74. The lowest BCUT2D eigenvalue weighted by molar-refractivity contribution is 0.186. The highest BCUT2D eigenvalue weighted by Gasteiger charge is 2.22. The Morgan fingerprint density at radius 1 is 1.24 bits per heavy atom. The fourth-order valence-electron chi connectivity index (χ4n) is 2.63. The fraction of sp³-hybridized carbons (Fsp3) is 1.00.